The molecule has 1 aliphatic rings. The van der Waals surface area contributed by atoms with E-state index >= 15 is 0 Å². The van der Waals surface area contributed by atoms with Crippen LogP contribution >= 0.6 is 15.9 Å². The van der Waals surface area contributed by atoms with Crippen LogP contribution in [-0.2, 0) is 0 Å². The quantitative estimate of drug-likeness (QED) is 0.607. The third-order valence-corrected chi connectivity index (χ3v) is 4.15. The molecule has 0 aliphatic carbocycles. The molecule has 112 valence electrons. The Balaban J connectivity index is 1.85. The van der Waals surface area contributed by atoms with Crippen molar-refractivity contribution in [2.45, 2.75) is 11.0 Å². The standard InChI is InChI=1S/C13H15BrF4N2/c14-12(13(16,17)18)9-19-5-7-20(8-6-19)11-3-1-10(15)2-4-11/h1-4,12H,5-9H2. The van der Waals surface area contributed by atoms with Crippen molar-refractivity contribution >= 4 is 21.6 Å². The summed E-state index contributed by atoms with van der Waals surface area (Å²) in [5.41, 5.74) is 0.900. The smallest absolute Gasteiger partial charge is 0.369 e. The summed E-state index contributed by atoms with van der Waals surface area (Å²) in [4.78, 5) is 2.34. The van der Waals surface area contributed by atoms with Gasteiger partial charge in [-0.05, 0) is 24.3 Å². The Morgan fingerprint density at radius 2 is 1.60 bits per heavy atom. The molecule has 20 heavy (non-hydrogen) atoms. The van der Waals surface area contributed by atoms with E-state index in [2.05, 4.69) is 15.9 Å². The number of piperazine rings is 1. The molecule has 0 spiro atoms. The summed E-state index contributed by atoms with van der Waals surface area (Å²) in [7, 11) is 0. The largest absolute Gasteiger partial charge is 0.402 e. The van der Waals surface area contributed by atoms with Crippen LogP contribution in [0.1, 0.15) is 0 Å². The first-order chi connectivity index (χ1) is 9.36. The van der Waals surface area contributed by atoms with Crippen molar-refractivity contribution in [1.29, 1.82) is 0 Å². The van der Waals surface area contributed by atoms with Crippen LogP contribution in [0.4, 0.5) is 23.2 Å². The maximum absolute atomic E-state index is 12.8. The van der Waals surface area contributed by atoms with Crippen LogP contribution in [0.2, 0.25) is 0 Å². The van der Waals surface area contributed by atoms with Crippen molar-refractivity contribution in [3.05, 3.63) is 30.1 Å². The molecule has 1 atom stereocenters. The molecule has 0 radical (unpaired) electrons. The second-order valence-electron chi connectivity index (χ2n) is 4.77. The predicted molar refractivity (Wildman–Crippen MR) is 73.8 cm³/mol. The zero-order chi connectivity index (χ0) is 14.8. The van der Waals surface area contributed by atoms with Gasteiger partial charge in [0.15, 0.2) is 0 Å². The van der Waals surface area contributed by atoms with Gasteiger partial charge in [-0.15, -0.1) is 0 Å². The van der Waals surface area contributed by atoms with Gasteiger partial charge in [-0.3, -0.25) is 4.90 Å². The molecule has 0 bridgehead atoms. The van der Waals surface area contributed by atoms with Gasteiger partial charge >= 0.3 is 6.18 Å². The maximum Gasteiger partial charge on any atom is 0.402 e. The summed E-state index contributed by atoms with van der Waals surface area (Å²) in [6.45, 7) is 2.37. The minimum atomic E-state index is -4.21. The average molecular weight is 355 g/mol. The highest BCUT2D eigenvalue weighted by Crippen LogP contribution is 2.27. The third kappa shape index (κ3) is 4.09. The highest BCUT2D eigenvalue weighted by atomic mass is 79.9. The van der Waals surface area contributed by atoms with E-state index in [9.17, 15) is 17.6 Å². The molecule has 1 unspecified atom stereocenters. The molecule has 1 aromatic rings. The van der Waals surface area contributed by atoms with E-state index in [1.54, 1.807) is 17.0 Å². The summed E-state index contributed by atoms with van der Waals surface area (Å²) in [5.74, 6) is -0.292. The molecule has 7 heteroatoms. The Morgan fingerprint density at radius 1 is 1.05 bits per heavy atom. The first-order valence-electron chi connectivity index (χ1n) is 6.30. The first-order valence-corrected chi connectivity index (χ1v) is 7.21. The zero-order valence-corrected chi connectivity index (χ0v) is 12.3. The number of halogens is 5. The molecule has 1 saturated heterocycles. The number of hydrogen-bond donors (Lipinski definition) is 0. The molecule has 0 N–H and O–H groups in total. The lowest BCUT2D eigenvalue weighted by atomic mass is 10.2. The van der Waals surface area contributed by atoms with E-state index in [1.165, 1.54) is 12.1 Å². The lowest BCUT2D eigenvalue weighted by Gasteiger charge is -2.37. The lowest BCUT2D eigenvalue weighted by molar-refractivity contribution is -0.130. The van der Waals surface area contributed by atoms with Crippen molar-refractivity contribution in [3.63, 3.8) is 0 Å². The Hall–Kier alpha value is -0.820. The topological polar surface area (TPSA) is 6.48 Å². The third-order valence-electron chi connectivity index (χ3n) is 3.34. The van der Waals surface area contributed by atoms with E-state index in [4.69, 9.17) is 0 Å². The molecule has 1 aromatic carbocycles. The van der Waals surface area contributed by atoms with E-state index in [1.807, 2.05) is 4.90 Å². The fraction of sp³-hybridized carbons (Fsp3) is 0.538. The fourth-order valence-electron chi connectivity index (χ4n) is 2.17. The van der Waals surface area contributed by atoms with Gasteiger partial charge in [0.2, 0.25) is 0 Å². The van der Waals surface area contributed by atoms with Crippen LogP contribution < -0.4 is 4.90 Å². The van der Waals surface area contributed by atoms with E-state index in [0.29, 0.717) is 26.2 Å². The summed E-state index contributed by atoms with van der Waals surface area (Å²) in [6, 6.07) is 6.15. The number of nitrogens with zero attached hydrogens (tertiary/aromatic N) is 2. The molecule has 0 amide bonds. The van der Waals surface area contributed by atoms with Gasteiger partial charge in [0.05, 0.1) is 0 Å². The molecule has 1 aliphatic heterocycles. The Labute approximate surface area is 123 Å². The van der Waals surface area contributed by atoms with Crippen LogP contribution in [-0.4, -0.2) is 48.6 Å². The van der Waals surface area contributed by atoms with Crippen LogP contribution in [0.15, 0.2) is 24.3 Å². The molecule has 1 heterocycles. The number of rotatable bonds is 3. The van der Waals surface area contributed by atoms with Crippen LogP contribution in [0.5, 0.6) is 0 Å². The van der Waals surface area contributed by atoms with Gasteiger partial charge < -0.3 is 4.90 Å². The highest BCUT2D eigenvalue weighted by Gasteiger charge is 2.38. The average Bonchev–Trinajstić information content (AvgIpc) is 2.39. The van der Waals surface area contributed by atoms with Gasteiger partial charge in [-0.1, -0.05) is 15.9 Å². The molecular formula is C13H15BrF4N2. The number of benzene rings is 1. The summed E-state index contributed by atoms with van der Waals surface area (Å²) < 4.78 is 50.2. The Bertz CT molecular complexity index is 427. The normalized spacial score (nSPS) is 19.1. The van der Waals surface area contributed by atoms with Gasteiger partial charge in [-0.25, -0.2) is 4.39 Å². The molecule has 2 rings (SSSR count). The van der Waals surface area contributed by atoms with E-state index in [-0.39, 0.29) is 12.4 Å². The summed E-state index contributed by atoms with van der Waals surface area (Å²) >= 11 is 2.68. The van der Waals surface area contributed by atoms with Crippen molar-refractivity contribution < 1.29 is 17.6 Å². The summed E-state index contributed by atoms with van der Waals surface area (Å²) in [6.07, 6.45) is -4.21. The Kier molecular flexibility index (Phi) is 4.90. The van der Waals surface area contributed by atoms with Crippen molar-refractivity contribution in [1.82, 2.24) is 4.90 Å². The van der Waals surface area contributed by atoms with Crippen LogP contribution in [0.25, 0.3) is 0 Å². The number of anilines is 1. The minimum Gasteiger partial charge on any atom is -0.369 e. The fourth-order valence-corrected chi connectivity index (χ4v) is 2.58. The van der Waals surface area contributed by atoms with Crippen molar-refractivity contribution in [2.75, 3.05) is 37.6 Å². The molecular weight excluding hydrogens is 340 g/mol. The summed E-state index contributed by atoms with van der Waals surface area (Å²) in [5, 5.41) is 0. The predicted octanol–water partition coefficient (Wildman–Crippen LogP) is 3.27. The van der Waals surface area contributed by atoms with Gasteiger partial charge in [-0.2, -0.15) is 13.2 Å². The van der Waals surface area contributed by atoms with Gasteiger partial charge in [0, 0.05) is 38.4 Å². The highest BCUT2D eigenvalue weighted by molar-refractivity contribution is 9.09. The molecule has 0 saturated carbocycles. The zero-order valence-electron chi connectivity index (χ0n) is 10.7. The Morgan fingerprint density at radius 3 is 2.10 bits per heavy atom. The van der Waals surface area contributed by atoms with E-state index < -0.39 is 11.0 Å². The van der Waals surface area contributed by atoms with Gasteiger partial charge in [0.1, 0.15) is 10.6 Å². The van der Waals surface area contributed by atoms with Crippen molar-refractivity contribution in [3.8, 4) is 0 Å². The number of hydrogen-bond acceptors (Lipinski definition) is 2. The second kappa shape index (κ2) is 6.30. The van der Waals surface area contributed by atoms with Crippen LogP contribution in [0, 0.1) is 5.82 Å². The molecule has 0 aromatic heterocycles. The lowest BCUT2D eigenvalue weighted by Crippen LogP contribution is -2.49. The molecule has 1 fully saturated rings. The van der Waals surface area contributed by atoms with Gasteiger partial charge in [0.25, 0.3) is 0 Å². The van der Waals surface area contributed by atoms with E-state index in [0.717, 1.165) is 5.69 Å². The molecule has 2 nitrogen and oxygen atoms in total. The minimum absolute atomic E-state index is 0.0409. The first kappa shape index (κ1) is 15.6. The SMILES string of the molecule is Fc1ccc(N2CCN(CC(Br)C(F)(F)F)CC2)cc1. The maximum atomic E-state index is 12.8. The van der Waals surface area contributed by atoms with Crippen LogP contribution in [0.3, 0.4) is 0 Å². The van der Waals surface area contributed by atoms with Crippen molar-refractivity contribution in [2.24, 2.45) is 0 Å². The second-order valence-corrected chi connectivity index (χ2v) is 5.88. The number of alkyl halides is 4. The monoisotopic (exact) mass is 354 g/mol.